The Hall–Kier alpha value is -2.65. The zero-order chi connectivity index (χ0) is 16.5. The van der Waals surface area contributed by atoms with Crippen LogP contribution in [0.15, 0.2) is 67.0 Å². The summed E-state index contributed by atoms with van der Waals surface area (Å²) in [5.74, 6) is 0. The van der Waals surface area contributed by atoms with Crippen LogP contribution in [-0.2, 0) is 6.54 Å². The van der Waals surface area contributed by atoms with Crippen LogP contribution in [-0.4, -0.2) is 14.5 Å². The monoisotopic (exact) mass is 333 g/mol. The molecule has 0 radical (unpaired) electrons. The lowest BCUT2D eigenvalue weighted by atomic mass is 10.1. The predicted octanol–water partition coefficient (Wildman–Crippen LogP) is 5.11. The van der Waals surface area contributed by atoms with Gasteiger partial charge < -0.3 is 4.57 Å². The molecule has 4 rings (SSSR count). The minimum Gasteiger partial charge on any atom is -0.320 e. The summed E-state index contributed by atoms with van der Waals surface area (Å²) in [5.41, 5.74) is 5.49. The first-order chi connectivity index (χ1) is 11.8. The van der Waals surface area contributed by atoms with Gasteiger partial charge in [0.1, 0.15) is 17.1 Å². The van der Waals surface area contributed by atoms with E-state index in [-0.39, 0.29) is 0 Å². The molecule has 2 heterocycles. The molecular weight excluding hydrogens is 318 g/mol. The smallest absolute Gasteiger partial charge is 0.145 e. The third kappa shape index (κ3) is 2.47. The Morgan fingerprint density at radius 2 is 1.58 bits per heavy atom. The number of halogens is 1. The van der Waals surface area contributed by atoms with E-state index in [2.05, 4.69) is 57.9 Å². The Morgan fingerprint density at radius 1 is 0.917 bits per heavy atom. The molecule has 2 aromatic heterocycles. The maximum absolute atomic E-state index is 6.37. The van der Waals surface area contributed by atoms with E-state index < -0.39 is 0 Å². The lowest BCUT2D eigenvalue weighted by molar-refractivity contribution is 0.829. The van der Waals surface area contributed by atoms with Crippen molar-refractivity contribution in [1.82, 2.24) is 14.5 Å². The van der Waals surface area contributed by atoms with Crippen LogP contribution < -0.4 is 0 Å². The maximum atomic E-state index is 6.37. The predicted molar refractivity (Wildman–Crippen MR) is 98.3 cm³/mol. The highest BCUT2D eigenvalue weighted by atomic mass is 35.5. The van der Waals surface area contributed by atoms with Crippen molar-refractivity contribution in [2.45, 2.75) is 13.5 Å². The van der Waals surface area contributed by atoms with Crippen molar-refractivity contribution in [3.05, 3.63) is 83.3 Å². The molecular formula is C20H16ClN3. The van der Waals surface area contributed by atoms with E-state index in [4.69, 9.17) is 11.6 Å². The van der Waals surface area contributed by atoms with Crippen molar-refractivity contribution in [1.29, 1.82) is 0 Å². The number of rotatable bonds is 3. The minimum atomic E-state index is 0.501. The van der Waals surface area contributed by atoms with Crippen LogP contribution in [0.3, 0.4) is 0 Å². The Morgan fingerprint density at radius 3 is 2.29 bits per heavy atom. The van der Waals surface area contributed by atoms with E-state index in [1.807, 2.05) is 24.3 Å². The quantitative estimate of drug-likeness (QED) is 0.488. The second-order valence-corrected chi connectivity index (χ2v) is 6.13. The molecule has 0 saturated carbocycles. The van der Waals surface area contributed by atoms with Crippen LogP contribution in [0.4, 0.5) is 0 Å². The highest BCUT2D eigenvalue weighted by Gasteiger charge is 2.19. The molecule has 0 amide bonds. The molecule has 0 aliphatic carbocycles. The molecule has 0 aliphatic rings. The molecule has 4 heteroatoms. The van der Waals surface area contributed by atoms with Crippen molar-refractivity contribution < 1.29 is 0 Å². The molecule has 24 heavy (non-hydrogen) atoms. The molecule has 0 N–H and O–H groups in total. The van der Waals surface area contributed by atoms with E-state index in [9.17, 15) is 0 Å². The van der Waals surface area contributed by atoms with Crippen molar-refractivity contribution in [2.75, 3.05) is 0 Å². The van der Waals surface area contributed by atoms with Crippen LogP contribution in [0, 0.1) is 6.92 Å². The third-order valence-electron chi connectivity index (χ3n) is 4.27. The Balaban J connectivity index is 2.01. The zero-order valence-electron chi connectivity index (χ0n) is 13.3. The van der Waals surface area contributed by atoms with E-state index in [1.54, 1.807) is 0 Å². The largest absolute Gasteiger partial charge is 0.320 e. The fourth-order valence-electron chi connectivity index (χ4n) is 3.20. The number of aryl methyl sites for hydroxylation is 1. The molecule has 118 valence electrons. The summed E-state index contributed by atoms with van der Waals surface area (Å²) in [4.78, 5) is 8.68. The Kier molecular flexibility index (Phi) is 3.79. The standard InChI is InChI=1S/C20H16ClN3/c1-14-17-19(21)22-13-23-20(17)24(12-15-8-4-2-5-9-15)18(14)16-10-6-3-7-11-16/h2-11,13H,12H2,1H3. The van der Waals surface area contributed by atoms with Gasteiger partial charge in [0, 0.05) is 6.54 Å². The van der Waals surface area contributed by atoms with Crippen LogP contribution in [0.5, 0.6) is 0 Å². The molecule has 0 spiro atoms. The number of hydrogen-bond donors (Lipinski definition) is 0. The molecule has 4 aromatic rings. The summed E-state index contributed by atoms with van der Waals surface area (Å²) in [7, 11) is 0. The molecule has 0 unspecified atom stereocenters. The summed E-state index contributed by atoms with van der Waals surface area (Å²) in [6.07, 6.45) is 1.53. The van der Waals surface area contributed by atoms with Gasteiger partial charge in [-0.1, -0.05) is 72.3 Å². The summed E-state index contributed by atoms with van der Waals surface area (Å²) in [5, 5.41) is 1.43. The molecule has 2 aromatic carbocycles. The van der Waals surface area contributed by atoms with Gasteiger partial charge in [-0.3, -0.25) is 0 Å². The first kappa shape index (κ1) is 14.9. The van der Waals surface area contributed by atoms with Gasteiger partial charge in [0.15, 0.2) is 0 Å². The van der Waals surface area contributed by atoms with E-state index in [1.165, 1.54) is 11.9 Å². The fourth-order valence-corrected chi connectivity index (χ4v) is 3.47. The van der Waals surface area contributed by atoms with Crippen LogP contribution in [0.2, 0.25) is 5.15 Å². The average Bonchev–Trinajstić information content (AvgIpc) is 2.90. The van der Waals surface area contributed by atoms with Gasteiger partial charge in [0.05, 0.1) is 11.1 Å². The SMILES string of the molecule is Cc1c(-c2ccccc2)n(Cc2ccccc2)c2ncnc(Cl)c12. The van der Waals surface area contributed by atoms with Gasteiger partial charge in [0.25, 0.3) is 0 Å². The molecule has 0 saturated heterocycles. The number of benzene rings is 2. The van der Waals surface area contributed by atoms with Gasteiger partial charge in [-0.25, -0.2) is 9.97 Å². The molecule has 3 nitrogen and oxygen atoms in total. The first-order valence-electron chi connectivity index (χ1n) is 7.84. The van der Waals surface area contributed by atoms with E-state index in [0.717, 1.165) is 34.4 Å². The normalized spacial score (nSPS) is 11.1. The zero-order valence-corrected chi connectivity index (χ0v) is 14.0. The van der Waals surface area contributed by atoms with Crippen molar-refractivity contribution in [3.8, 4) is 11.3 Å². The Labute approximate surface area is 145 Å². The van der Waals surface area contributed by atoms with Gasteiger partial charge in [-0.15, -0.1) is 0 Å². The van der Waals surface area contributed by atoms with Crippen LogP contribution in [0.25, 0.3) is 22.3 Å². The molecule has 0 bridgehead atoms. The second kappa shape index (κ2) is 6.10. The molecule has 0 fully saturated rings. The van der Waals surface area contributed by atoms with Crippen LogP contribution in [0.1, 0.15) is 11.1 Å². The average molecular weight is 334 g/mol. The van der Waals surface area contributed by atoms with Gasteiger partial charge >= 0.3 is 0 Å². The van der Waals surface area contributed by atoms with Gasteiger partial charge in [-0.2, -0.15) is 0 Å². The van der Waals surface area contributed by atoms with Gasteiger partial charge in [0.2, 0.25) is 0 Å². The number of fused-ring (bicyclic) bond motifs is 1. The summed E-state index contributed by atoms with van der Waals surface area (Å²) >= 11 is 6.37. The topological polar surface area (TPSA) is 30.7 Å². The summed E-state index contributed by atoms with van der Waals surface area (Å²) < 4.78 is 2.23. The second-order valence-electron chi connectivity index (χ2n) is 5.77. The highest BCUT2D eigenvalue weighted by Crippen LogP contribution is 2.35. The lowest BCUT2D eigenvalue weighted by Gasteiger charge is -2.11. The first-order valence-corrected chi connectivity index (χ1v) is 8.22. The maximum Gasteiger partial charge on any atom is 0.145 e. The van der Waals surface area contributed by atoms with Crippen LogP contribution >= 0.6 is 11.6 Å². The van der Waals surface area contributed by atoms with E-state index in [0.29, 0.717) is 5.15 Å². The van der Waals surface area contributed by atoms with Crippen molar-refractivity contribution >= 4 is 22.6 Å². The third-order valence-corrected chi connectivity index (χ3v) is 4.55. The van der Waals surface area contributed by atoms with E-state index >= 15 is 0 Å². The highest BCUT2D eigenvalue weighted by molar-refractivity contribution is 6.34. The number of aromatic nitrogens is 3. The minimum absolute atomic E-state index is 0.501. The summed E-state index contributed by atoms with van der Waals surface area (Å²) in [6, 6.07) is 20.7. The van der Waals surface area contributed by atoms with Crippen molar-refractivity contribution in [2.24, 2.45) is 0 Å². The van der Waals surface area contributed by atoms with Crippen molar-refractivity contribution in [3.63, 3.8) is 0 Å². The Bertz CT molecular complexity index is 992. The molecule has 0 aliphatic heterocycles. The lowest BCUT2D eigenvalue weighted by Crippen LogP contribution is -2.03. The van der Waals surface area contributed by atoms with Gasteiger partial charge in [-0.05, 0) is 23.6 Å². The summed E-state index contributed by atoms with van der Waals surface area (Å²) in [6.45, 7) is 2.82. The fraction of sp³-hybridized carbons (Fsp3) is 0.100. The number of hydrogen-bond acceptors (Lipinski definition) is 2. The number of nitrogens with zero attached hydrogens (tertiary/aromatic N) is 3. The molecule has 0 atom stereocenters.